The first-order chi connectivity index (χ1) is 15.7. The molecule has 0 aliphatic heterocycles. The Balaban J connectivity index is 2.09. The number of sulfonamides is 1. The maximum absolute atomic E-state index is 13.5. The Bertz CT molecular complexity index is 1430. The number of hydrogen-bond donors (Lipinski definition) is 1. The molecule has 7 nitrogen and oxygen atoms in total. The van der Waals surface area contributed by atoms with E-state index in [2.05, 4.69) is 10.4 Å². The lowest BCUT2D eigenvalue weighted by molar-refractivity contribution is 0.0965. The number of benzene rings is 2. The van der Waals surface area contributed by atoms with E-state index in [0.29, 0.717) is 33.6 Å². The molecule has 2 aromatic heterocycles. The van der Waals surface area contributed by atoms with E-state index in [1.807, 2.05) is 30.3 Å². The quantitative estimate of drug-likeness (QED) is 0.466. The number of halogens is 1. The van der Waals surface area contributed by atoms with Gasteiger partial charge in [-0.1, -0.05) is 30.3 Å². The molecule has 1 N–H and O–H groups in total. The summed E-state index contributed by atoms with van der Waals surface area (Å²) in [5, 5.41) is 7.23. The average Bonchev–Trinajstić information content (AvgIpc) is 3.17. The molecule has 0 atom stereocenters. The summed E-state index contributed by atoms with van der Waals surface area (Å²) in [6.07, 6.45) is 2.76. The Kier molecular flexibility index (Phi) is 5.90. The van der Waals surface area contributed by atoms with Gasteiger partial charge in [0, 0.05) is 24.7 Å². The molecule has 2 heterocycles. The summed E-state index contributed by atoms with van der Waals surface area (Å²) in [5.74, 6) is -0.754. The minimum Gasteiger partial charge on any atom is -0.355 e. The van der Waals surface area contributed by atoms with Gasteiger partial charge in [0.15, 0.2) is 0 Å². The third kappa shape index (κ3) is 4.19. The number of fused-ring (bicyclic) bond motifs is 1. The van der Waals surface area contributed by atoms with E-state index < -0.39 is 15.8 Å². The first-order valence-corrected chi connectivity index (χ1v) is 12.2. The van der Waals surface area contributed by atoms with Crippen LogP contribution in [-0.2, 0) is 10.0 Å². The normalized spacial score (nSPS) is 11.5. The van der Waals surface area contributed by atoms with Crippen molar-refractivity contribution < 1.29 is 17.6 Å². The molecule has 0 unspecified atom stereocenters. The van der Waals surface area contributed by atoms with Gasteiger partial charge in [0.25, 0.3) is 5.91 Å². The minimum atomic E-state index is -3.58. The predicted molar refractivity (Wildman–Crippen MR) is 127 cm³/mol. The van der Waals surface area contributed by atoms with Gasteiger partial charge in [-0.25, -0.2) is 17.3 Å². The smallest absolute Gasteiger partial charge is 0.255 e. The van der Waals surface area contributed by atoms with E-state index >= 15 is 0 Å². The average molecular weight is 467 g/mol. The van der Waals surface area contributed by atoms with Gasteiger partial charge in [0.2, 0.25) is 10.0 Å². The second-order valence-corrected chi connectivity index (χ2v) is 9.41. The Labute approximate surface area is 191 Å². The number of amides is 1. The van der Waals surface area contributed by atoms with Crippen molar-refractivity contribution in [3.63, 3.8) is 0 Å². The van der Waals surface area contributed by atoms with Gasteiger partial charge >= 0.3 is 0 Å². The molecule has 170 valence electrons. The number of pyridine rings is 1. The zero-order chi connectivity index (χ0) is 23.8. The molecule has 0 saturated carbocycles. The number of carbonyl (C=O) groups excluding carboxylic acids is 1. The van der Waals surface area contributed by atoms with Crippen molar-refractivity contribution in [1.29, 1.82) is 0 Å². The van der Waals surface area contributed by atoms with Crippen molar-refractivity contribution in [2.75, 3.05) is 24.2 Å². The highest BCUT2D eigenvalue weighted by Crippen LogP contribution is 2.36. The van der Waals surface area contributed by atoms with Gasteiger partial charge in [-0.3, -0.25) is 9.10 Å². The maximum Gasteiger partial charge on any atom is 0.255 e. The van der Waals surface area contributed by atoms with Crippen LogP contribution >= 0.6 is 0 Å². The molecular weight excluding hydrogens is 443 g/mol. The summed E-state index contributed by atoms with van der Waals surface area (Å²) < 4.78 is 41.4. The van der Waals surface area contributed by atoms with Gasteiger partial charge in [-0.2, -0.15) is 5.10 Å². The fourth-order valence-corrected chi connectivity index (χ4v) is 4.84. The topological polar surface area (TPSA) is 83.8 Å². The standard InChI is InChI=1S/C24H23FN4O3S/c1-4-29(33(3,31)32)21-15-28-20(14-19(21)16-8-6-5-7-9-16)22(24(30)26-2)23(27-28)17-10-12-18(25)13-11-17/h5-15H,4H2,1-3H3,(H,26,30). The second-order valence-electron chi connectivity index (χ2n) is 7.51. The summed E-state index contributed by atoms with van der Waals surface area (Å²) in [5.41, 5.74) is 3.63. The van der Waals surface area contributed by atoms with E-state index in [1.54, 1.807) is 31.3 Å². The van der Waals surface area contributed by atoms with Crippen LogP contribution in [0.5, 0.6) is 0 Å². The summed E-state index contributed by atoms with van der Waals surface area (Å²) in [6.45, 7) is 1.97. The second kappa shape index (κ2) is 8.67. The van der Waals surface area contributed by atoms with Crippen molar-refractivity contribution >= 4 is 27.1 Å². The fraction of sp³-hybridized carbons (Fsp3) is 0.167. The number of carbonyl (C=O) groups is 1. The number of hydrogen-bond acceptors (Lipinski definition) is 4. The third-order valence-corrected chi connectivity index (χ3v) is 6.62. The first kappa shape index (κ1) is 22.5. The molecule has 0 fully saturated rings. The Morgan fingerprint density at radius 2 is 1.76 bits per heavy atom. The molecule has 0 aliphatic carbocycles. The van der Waals surface area contributed by atoms with Crippen molar-refractivity contribution in [2.24, 2.45) is 0 Å². The molecule has 0 spiro atoms. The van der Waals surface area contributed by atoms with E-state index in [-0.39, 0.29) is 12.5 Å². The van der Waals surface area contributed by atoms with Gasteiger partial charge < -0.3 is 5.32 Å². The predicted octanol–water partition coefficient (Wildman–Crippen LogP) is 3.95. The zero-order valence-electron chi connectivity index (χ0n) is 18.4. The molecule has 0 bridgehead atoms. The van der Waals surface area contributed by atoms with Gasteiger partial charge in [-0.05, 0) is 42.8 Å². The van der Waals surface area contributed by atoms with Crippen LogP contribution in [0.2, 0.25) is 0 Å². The monoisotopic (exact) mass is 466 g/mol. The molecule has 0 saturated heterocycles. The van der Waals surface area contributed by atoms with Crippen LogP contribution in [0.4, 0.5) is 10.1 Å². The summed E-state index contributed by atoms with van der Waals surface area (Å²) >= 11 is 0. The van der Waals surface area contributed by atoms with Gasteiger partial charge in [-0.15, -0.1) is 0 Å². The van der Waals surface area contributed by atoms with Crippen LogP contribution in [0, 0.1) is 5.82 Å². The molecule has 4 rings (SSSR count). The molecular formula is C24H23FN4O3S. The SMILES string of the molecule is CCN(c1cn2nc(-c3ccc(F)cc3)c(C(=O)NC)c2cc1-c1ccccc1)S(C)(=O)=O. The molecule has 1 amide bonds. The van der Waals surface area contributed by atoms with Crippen LogP contribution < -0.4 is 9.62 Å². The fourth-order valence-electron chi connectivity index (χ4n) is 3.87. The molecule has 0 radical (unpaired) electrons. The van der Waals surface area contributed by atoms with Crippen molar-refractivity contribution in [2.45, 2.75) is 6.92 Å². The number of aromatic nitrogens is 2. The van der Waals surface area contributed by atoms with Crippen LogP contribution in [0.1, 0.15) is 17.3 Å². The largest absolute Gasteiger partial charge is 0.355 e. The molecule has 9 heteroatoms. The Morgan fingerprint density at radius 3 is 2.33 bits per heavy atom. The Morgan fingerprint density at radius 1 is 1.09 bits per heavy atom. The lowest BCUT2D eigenvalue weighted by Gasteiger charge is -2.23. The van der Waals surface area contributed by atoms with E-state index in [9.17, 15) is 17.6 Å². The molecule has 0 aliphatic rings. The maximum atomic E-state index is 13.5. The Hall–Kier alpha value is -3.72. The van der Waals surface area contributed by atoms with Crippen molar-refractivity contribution in [3.05, 3.63) is 78.2 Å². The van der Waals surface area contributed by atoms with Crippen LogP contribution in [0.25, 0.3) is 27.9 Å². The highest BCUT2D eigenvalue weighted by molar-refractivity contribution is 7.92. The summed E-state index contributed by atoms with van der Waals surface area (Å²) in [4.78, 5) is 12.9. The van der Waals surface area contributed by atoms with Gasteiger partial charge in [0.1, 0.15) is 11.5 Å². The number of rotatable bonds is 6. The van der Waals surface area contributed by atoms with Crippen LogP contribution in [0.15, 0.2) is 66.9 Å². The van der Waals surface area contributed by atoms with Crippen LogP contribution in [-0.4, -0.2) is 43.8 Å². The number of nitrogens with one attached hydrogen (secondary N) is 1. The van der Waals surface area contributed by atoms with Crippen molar-refractivity contribution in [3.8, 4) is 22.4 Å². The summed E-state index contributed by atoms with van der Waals surface area (Å²) in [6, 6.07) is 16.8. The lowest BCUT2D eigenvalue weighted by Crippen LogP contribution is -2.30. The highest BCUT2D eigenvalue weighted by atomic mass is 32.2. The number of nitrogens with zero attached hydrogens (tertiary/aromatic N) is 3. The molecule has 4 aromatic rings. The van der Waals surface area contributed by atoms with E-state index in [4.69, 9.17) is 0 Å². The van der Waals surface area contributed by atoms with E-state index in [0.717, 1.165) is 11.8 Å². The van der Waals surface area contributed by atoms with Gasteiger partial charge in [0.05, 0.1) is 29.2 Å². The molecule has 2 aromatic carbocycles. The lowest BCUT2D eigenvalue weighted by atomic mass is 10.0. The molecule has 33 heavy (non-hydrogen) atoms. The minimum absolute atomic E-state index is 0.221. The van der Waals surface area contributed by atoms with Crippen molar-refractivity contribution in [1.82, 2.24) is 14.9 Å². The van der Waals surface area contributed by atoms with Crippen LogP contribution in [0.3, 0.4) is 0 Å². The number of anilines is 1. The zero-order valence-corrected chi connectivity index (χ0v) is 19.2. The highest BCUT2D eigenvalue weighted by Gasteiger charge is 2.25. The third-order valence-electron chi connectivity index (χ3n) is 5.36. The summed E-state index contributed by atoms with van der Waals surface area (Å²) in [7, 11) is -2.05. The first-order valence-electron chi connectivity index (χ1n) is 10.3. The van der Waals surface area contributed by atoms with E-state index in [1.165, 1.54) is 28.0 Å².